The number of rotatable bonds is 2. The van der Waals surface area contributed by atoms with E-state index in [4.69, 9.17) is 0 Å². The van der Waals surface area contributed by atoms with E-state index in [0.29, 0.717) is 0 Å². The molecule has 0 atom stereocenters. The van der Waals surface area contributed by atoms with Crippen molar-refractivity contribution in [2.75, 3.05) is 0 Å². The van der Waals surface area contributed by atoms with Crippen molar-refractivity contribution in [1.29, 1.82) is 0 Å². The second kappa shape index (κ2) is 7.76. The highest BCUT2D eigenvalue weighted by molar-refractivity contribution is 5.67. The Morgan fingerprint density at radius 1 is 0.826 bits per heavy atom. The minimum absolute atomic E-state index is 0. The second-order valence-corrected chi connectivity index (χ2v) is 6.70. The smallest absolute Gasteiger partial charge is 0.0896 e. The Kier molecular flexibility index (Phi) is 5.97. The highest BCUT2D eigenvalue weighted by Crippen LogP contribution is 2.37. The highest BCUT2D eigenvalue weighted by Gasteiger charge is 2.29. The van der Waals surface area contributed by atoms with Crippen molar-refractivity contribution >= 4 is 0 Å². The Labute approximate surface area is 139 Å². The van der Waals surface area contributed by atoms with Gasteiger partial charge in [0.1, 0.15) is 0 Å². The van der Waals surface area contributed by atoms with Crippen LogP contribution in [0.2, 0.25) is 0 Å². The zero-order valence-electron chi connectivity index (χ0n) is 14.0. The van der Waals surface area contributed by atoms with Crippen molar-refractivity contribution < 1.29 is 10.6 Å². The first-order chi connectivity index (χ1) is 10.7. The van der Waals surface area contributed by atoms with Gasteiger partial charge in [-0.05, 0) is 42.0 Å². The van der Waals surface area contributed by atoms with E-state index in [-0.39, 0.29) is 5.48 Å². The molecule has 0 radical (unpaired) electrons. The van der Waals surface area contributed by atoms with E-state index in [0.717, 1.165) is 31.2 Å². The number of benzene rings is 2. The van der Waals surface area contributed by atoms with Crippen LogP contribution >= 0.6 is 0 Å². The molecule has 3 rings (SSSR count). The molecule has 0 unspecified atom stereocenters. The molecule has 0 spiro atoms. The topological polar surface area (TPSA) is 51.7 Å². The van der Waals surface area contributed by atoms with Crippen LogP contribution in [0.1, 0.15) is 56.1 Å². The van der Waals surface area contributed by atoms with E-state index in [9.17, 15) is 5.11 Å². The first-order valence-electron chi connectivity index (χ1n) is 8.58. The standard InChI is InChI=1S/C21H26O.H2O/c1-17-16-19(21(22)14-8-3-2-4-9-15-21)12-13-20(17)18-10-6-5-7-11-18;/h5-7,10-13,16,22H,2-4,8-9,14-15H2,1H3;1H2. The van der Waals surface area contributed by atoms with Gasteiger partial charge in [-0.2, -0.15) is 0 Å². The number of hydrogen-bond donors (Lipinski definition) is 1. The lowest BCUT2D eigenvalue weighted by Crippen LogP contribution is -2.26. The lowest BCUT2D eigenvalue weighted by molar-refractivity contribution is 0.00957. The summed E-state index contributed by atoms with van der Waals surface area (Å²) >= 11 is 0. The molecule has 0 amide bonds. The zero-order chi connectivity index (χ0) is 15.4. The van der Waals surface area contributed by atoms with E-state index in [1.54, 1.807) is 0 Å². The fourth-order valence-corrected chi connectivity index (χ4v) is 3.67. The normalized spacial score (nSPS) is 17.7. The summed E-state index contributed by atoms with van der Waals surface area (Å²) in [5, 5.41) is 11.1. The van der Waals surface area contributed by atoms with E-state index in [1.165, 1.54) is 36.0 Å². The first-order valence-corrected chi connectivity index (χ1v) is 8.58. The van der Waals surface area contributed by atoms with Gasteiger partial charge in [0.15, 0.2) is 0 Å². The van der Waals surface area contributed by atoms with Gasteiger partial charge in [-0.1, -0.05) is 80.6 Å². The van der Waals surface area contributed by atoms with Crippen LogP contribution in [0.3, 0.4) is 0 Å². The third-order valence-corrected chi connectivity index (χ3v) is 5.03. The quantitative estimate of drug-likeness (QED) is 0.853. The summed E-state index contributed by atoms with van der Waals surface area (Å²) in [6.07, 6.45) is 7.90. The second-order valence-electron chi connectivity index (χ2n) is 6.70. The zero-order valence-corrected chi connectivity index (χ0v) is 14.0. The fraction of sp³-hybridized carbons (Fsp3) is 0.429. The molecule has 0 heterocycles. The van der Waals surface area contributed by atoms with Crippen molar-refractivity contribution in [2.45, 2.75) is 57.5 Å². The van der Waals surface area contributed by atoms with Crippen LogP contribution in [0.15, 0.2) is 48.5 Å². The molecule has 2 aromatic rings. The molecule has 124 valence electrons. The average molecular weight is 312 g/mol. The minimum Gasteiger partial charge on any atom is -0.412 e. The molecule has 1 fully saturated rings. The Bertz CT molecular complexity index is 611. The maximum Gasteiger partial charge on any atom is 0.0896 e. The van der Waals surface area contributed by atoms with Gasteiger partial charge < -0.3 is 10.6 Å². The Morgan fingerprint density at radius 2 is 1.43 bits per heavy atom. The maximum atomic E-state index is 11.1. The average Bonchev–Trinajstić information content (AvgIpc) is 2.52. The summed E-state index contributed by atoms with van der Waals surface area (Å²) in [5.74, 6) is 0. The summed E-state index contributed by atoms with van der Waals surface area (Å²) < 4.78 is 0. The third-order valence-electron chi connectivity index (χ3n) is 5.03. The summed E-state index contributed by atoms with van der Waals surface area (Å²) in [7, 11) is 0. The van der Waals surface area contributed by atoms with Gasteiger partial charge in [0.25, 0.3) is 0 Å². The molecule has 1 aliphatic carbocycles. The van der Waals surface area contributed by atoms with Crippen LogP contribution in [0.4, 0.5) is 0 Å². The van der Waals surface area contributed by atoms with Crippen molar-refractivity contribution in [1.82, 2.24) is 0 Å². The van der Waals surface area contributed by atoms with Crippen LogP contribution in [0, 0.1) is 6.92 Å². The number of aliphatic hydroxyl groups is 1. The summed E-state index contributed by atoms with van der Waals surface area (Å²) in [4.78, 5) is 0. The number of aryl methyl sites for hydroxylation is 1. The maximum absolute atomic E-state index is 11.1. The molecule has 23 heavy (non-hydrogen) atoms. The Balaban J connectivity index is 0.00000192. The minimum atomic E-state index is -0.625. The van der Waals surface area contributed by atoms with Gasteiger partial charge in [0, 0.05) is 0 Å². The molecular weight excluding hydrogens is 284 g/mol. The molecular formula is C21H28O2. The first kappa shape index (κ1) is 17.7. The molecule has 2 heteroatoms. The van der Waals surface area contributed by atoms with Crippen molar-refractivity contribution in [3.8, 4) is 11.1 Å². The van der Waals surface area contributed by atoms with Gasteiger partial charge >= 0.3 is 0 Å². The summed E-state index contributed by atoms with van der Waals surface area (Å²) in [5.41, 5.74) is 4.24. The van der Waals surface area contributed by atoms with E-state index < -0.39 is 5.60 Å². The Morgan fingerprint density at radius 3 is 2.04 bits per heavy atom. The van der Waals surface area contributed by atoms with E-state index in [1.807, 2.05) is 6.07 Å². The van der Waals surface area contributed by atoms with Crippen LogP contribution in [-0.2, 0) is 5.60 Å². The monoisotopic (exact) mass is 312 g/mol. The molecule has 3 N–H and O–H groups in total. The van der Waals surface area contributed by atoms with Crippen LogP contribution < -0.4 is 0 Å². The van der Waals surface area contributed by atoms with E-state index >= 15 is 0 Å². The molecule has 1 aliphatic rings. The summed E-state index contributed by atoms with van der Waals surface area (Å²) in [6.45, 7) is 2.15. The van der Waals surface area contributed by atoms with Crippen LogP contribution in [0.5, 0.6) is 0 Å². The highest BCUT2D eigenvalue weighted by atomic mass is 16.3. The SMILES string of the molecule is Cc1cc(C2(O)CCCCCCC2)ccc1-c1ccccc1.O. The van der Waals surface area contributed by atoms with E-state index in [2.05, 4.69) is 49.4 Å². The van der Waals surface area contributed by atoms with Crippen molar-refractivity contribution in [3.05, 3.63) is 59.7 Å². The van der Waals surface area contributed by atoms with Gasteiger partial charge in [-0.3, -0.25) is 0 Å². The predicted molar refractivity (Wildman–Crippen MR) is 96.4 cm³/mol. The van der Waals surface area contributed by atoms with Gasteiger partial charge in [0.05, 0.1) is 5.60 Å². The van der Waals surface area contributed by atoms with Crippen LogP contribution in [-0.4, -0.2) is 10.6 Å². The third kappa shape index (κ3) is 4.01. The lowest BCUT2D eigenvalue weighted by Gasteiger charge is -2.31. The molecule has 0 aromatic heterocycles. The molecule has 2 nitrogen and oxygen atoms in total. The lowest BCUT2D eigenvalue weighted by atomic mass is 9.80. The summed E-state index contributed by atoms with van der Waals surface area (Å²) in [6, 6.07) is 17.0. The van der Waals surface area contributed by atoms with Gasteiger partial charge in [0.2, 0.25) is 0 Å². The van der Waals surface area contributed by atoms with Gasteiger partial charge in [-0.25, -0.2) is 0 Å². The molecule has 0 saturated heterocycles. The molecule has 1 saturated carbocycles. The predicted octanol–water partition coefficient (Wildman–Crippen LogP) is 4.77. The molecule has 2 aromatic carbocycles. The van der Waals surface area contributed by atoms with Crippen LogP contribution in [0.25, 0.3) is 11.1 Å². The molecule has 0 bridgehead atoms. The van der Waals surface area contributed by atoms with Crippen molar-refractivity contribution in [3.63, 3.8) is 0 Å². The Hall–Kier alpha value is -1.64. The largest absolute Gasteiger partial charge is 0.412 e. The van der Waals surface area contributed by atoms with Gasteiger partial charge in [-0.15, -0.1) is 0 Å². The molecule has 0 aliphatic heterocycles. The number of hydrogen-bond acceptors (Lipinski definition) is 1. The fourth-order valence-electron chi connectivity index (χ4n) is 3.67. The van der Waals surface area contributed by atoms with Crippen molar-refractivity contribution in [2.24, 2.45) is 0 Å².